The van der Waals surface area contributed by atoms with Crippen LogP contribution < -0.4 is 4.74 Å². The zero-order valence-electron chi connectivity index (χ0n) is 14.9. The molecular weight excluding hydrogens is 342 g/mol. The Bertz CT molecular complexity index is 1150. The van der Waals surface area contributed by atoms with Gasteiger partial charge in [-0.05, 0) is 36.8 Å². The lowest BCUT2D eigenvalue weighted by Gasteiger charge is -2.16. The number of hydrogen-bond donors (Lipinski definition) is 1. The SMILES string of the molecule is COc1cccc2[nH]c(C(=O)N3CC[C@@H](n4cnc5cccnc54)C3)cc12. The van der Waals surface area contributed by atoms with Crippen molar-refractivity contribution in [3.63, 3.8) is 0 Å². The van der Waals surface area contributed by atoms with Crippen LogP contribution in [0.15, 0.2) is 48.9 Å². The van der Waals surface area contributed by atoms with Crippen LogP contribution >= 0.6 is 0 Å². The Morgan fingerprint density at radius 3 is 3.07 bits per heavy atom. The molecule has 1 amide bonds. The van der Waals surface area contributed by atoms with Gasteiger partial charge in [-0.1, -0.05) is 6.07 Å². The number of pyridine rings is 1. The fourth-order valence-electron chi connectivity index (χ4n) is 3.88. The molecule has 5 rings (SSSR count). The van der Waals surface area contributed by atoms with Crippen LogP contribution in [0, 0.1) is 0 Å². The van der Waals surface area contributed by atoms with Crippen molar-refractivity contribution >= 4 is 28.0 Å². The van der Waals surface area contributed by atoms with E-state index in [1.807, 2.05) is 47.6 Å². The smallest absolute Gasteiger partial charge is 0.270 e. The van der Waals surface area contributed by atoms with Crippen LogP contribution in [-0.4, -0.2) is 50.5 Å². The van der Waals surface area contributed by atoms with Gasteiger partial charge < -0.3 is 19.2 Å². The van der Waals surface area contributed by atoms with Crippen LogP contribution in [-0.2, 0) is 0 Å². The van der Waals surface area contributed by atoms with Gasteiger partial charge in [-0.3, -0.25) is 4.79 Å². The van der Waals surface area contributed by atoms with Gasteiger partial charge in [0.1, 0.15) is 17.0 Å². The molecule has 1 N–H and O–H groups in total. The van der Waals surface area contributed by atoms with Crippen molar-refractivity contribution in [3.8, 4) is 5.75 Å². The monoisotopic (exact) mass is 361 g/mol. The Kier molecular flexibility index (Phi) is 3.60. The lowest BCUT2D eigenvalue weighted by molar-refractivity contribution is 0.0783. The molecule has 3 aromatic heterocycles. The molecule has 1 aromatic carbocycles. The maximum atomic E-state index is 13.0. The molecule has 1 aliphatic rings. The number of fused-ring (bicyclic) bond motifs is 2. The Labute approximate surface area is 155 Å². The topological polar surface area (TPSA) is 76.0 Å². The third kappa shape index (κ3) is 2.54. The summed E-state index contributed by atoms with van der Waals surface area (Å²) in [4.78, 5) is 27.0. The summed E-state index contributed by atoms with van der Waals surface area (Å²) in [5, 5.41) is 0.920. The second-order valence-electron chi connectivity index (χ2n) is 6.80. The lowest BCUT2D eigenvalue weighted by atomic mass is 10.2. The molecule has 0 spiro atoms. The molecule has 136 valence electrons. The van der Waals surface area contributed by atoms with Crippen LogP contribution in [0.2, 0.25) is 0 Å². The van der Waals surface area contributed by atoms with Crippen LogP contribution in [0.3, 0.4) is 0 Å². The number of rotatable bonds is 3. The summed E-state index contributed by atoms with van der Waals surface area (Å²) in [6.45, 7) is 1.36. The van der Waals surface area contributed by atoms with Crippen LogP contribution in [0.25, 0.3) is 22.1 Å². The normalized spacial score (nSPS) is 17.1. The number of nitrogens with one attached hydrogen (secondary N) is 1. The van der Waals surface area contributed by atoms with E-state index in [4.69, 9.17) is 4.74 Å². The summed E-state index contributed by atoms with van der Waals surface area (Å²) in [7, 11) is 1.64. The van der Waals surface area contributed by atoms with Crippen LogP contribution in [0.5, 0.6) is 5.75 Å². The molecule has 7 nitrogen and oxygen atoms in total. The summed E-state index contributed by atoms with van der Waals surface area (Å²) in [6, 6.07) is 11.7. The highest BCUT2D eigenvalue weighted by molar-refractivity contribution is 5.99. The molecule has 0 unspecified atom stereocenters. The maximum Gasteiger partial charge on any atom is 0.270 e. The van der Waals surface area contributed by atoms with Gasteiger partial charge in [0.05, 0.1) is 19.5 Å². The zero-order chi connectivity index (χ0) is 18.4. The number of likely N-dealkylation sites (tertiary alicyclic amines) is 1. The molecule has 0 aliphatic carbocycles. The van der Waals surface area contributed by atoms with E-state index in [0.717, 1.165) is 34.2 Å². The van der Waals surface area contributed by atoms with E-state index in [2.05, 4.69) is 19.5 Å². The average molecular weight is 361 g/mol. The van der Waals surface area contributed by atoms with E-state index in [0.29, 0.717) is 18.8 Å². The Morgan fingerprint density at radius 2 is 2.19 bits per heavy atom. The number of methoxy groups -OCH3 is 1. The lowest BCUT2D eigenvalue weighted by Crippen LogP contribution is -2.29. The first-order valence-electron chi connectivity index (χ1n) is 8.97. The summed E-state index contributed by atoms with van der Waals surface area (Å²) in [6.07, 6.45) is 4.48. The van der Waals surface area contributed by atoms with E-state index in [9.17, 15) is 4.79 Å². The maximum absolute atomic E-state index is 13.0. The highest BCUT2D eigenvalue weighted by atomic mass is 16.5. The third-order valence-corrected chi connectivity index (χ3v) is 5.25. The minimum Gasteiger partial charge on any atom is -0.496 e. The highest BCUT2D eigenvalue weighted by Gasteiger charge is 2.30. The summed E-state index contributed by atoms with van der Waals surface area (Å²) < 4.78 is 7.47. The predicted molar refractivity (Wildman–Crippen MR) is 102 cm³/mol. The Morgan fingerprint density at radius 1 is 1.26 bits per heavy atom. The number of benzene rings is 1. The van der Waals surface area contributed by atoms with E-state index in [1.54, 1.807) is 13.3 Å². The largest absolute Gasteiger partial charge is 0.496 e. The van der Waals surface area contributed by atoms with Gasteiger partial charge in [0.2, 0.25) is 0 Å². The minimum absolute atomic E-state index is 0.00753. The van der Waals surface area contributed by atoms with Gasteiger partial charge in [-0.2, -0.15) is 0 Å². The molecule has 0 saturated carbocycles. The first-order chi connectivity index (χ1) is 13.2. The number of imidazole rings is 1. The van der Waals surface area contributed by atoms with Gasteiger partial charge >= 0.3 is 0 Å². The molecule has 7 heteroatoms. The van der Waals surface area contributed by atoms with Crippen molar-refractivity contribution in [3.05, 3.63) is 54.6 Å². The Hall–Kier alpha value is -3.35. The van der Waals surface area contributed by atoms with Crippen molar-refractivity contribution < 1.29 is 9.53 Å². The standard InChI is InChI=1S/C20H19N5O2/c1-27-18-6-2-4-15-14(18)10-17(23-15)20(26)24-9-7-13(11-24)25-12-22-16-5-3-8-21-19(16)25/h2-6,8,10,12-13,23H,7,9,11H2,1H3/t13-/m1/s1. The van der Waals surface area contributed by atoms with E-state index < -0.39 is 0 Å². The molecular formula is C20H19N5O2. The highest BCUT2D eigenvalue weighted by Crippen LogP contribution is 2.29. The van der Waals surface area contributed by atoms with Gasteiger partial charge in [-0.25, -0.2) is 9.97 Å². The first kappa shape index (κ1) is 15.9. The molecule has 0 bridgehead atoms. The molecule has 1 aliphatic heterocycles. The summed E-state index contributed by atoms with van der Waals surface area (Å²) in [5.74, 6) is 0.770. The van der Waals surface area contributed by atoms with Crippen molar-refractivity contribution in [2.45, 2.75) is 12.5 Å². The quantitative estimate of drug-likeness (QED) is 0.609. The number of amides is 1. The van der Waals surface area contributed by atoms with Crippen LogP contribution in [0.1, 0.15) is 23.0 Å². The van der Waals surface area contributed by atoms with Crippen LogP contribution in [0.4, 0.5) is 0 Å². The second-order valence-corrected chi connectivity index (χ2v) is 6.80. The van der Waals surface area contributed by atoms with Crippen molar-refractivity contribution in [2.24, 2.45) is 0 Å². The fourth-order valence-corrected chi connectivity index (χ4v) is 3.88. The molecule has 4 aromatic rings. The molecule has 4 heterocycles. The van der Waals surface area contributed by atoms with E-state index in [-0.39, 0.29) is 11.9 Å². The van der Waals surface area contributed by atoms with Crippen molar-refractivity contribution in [1.29, 1.82) is 0 Å². The van der Waals surface area contributed by atoms with Gasteiger partial charge in [-0.15, -0.1) is 0 Å². The molecule has 27 heavy (non-hydrogen) atoms. The number of hydrogen-bond acceptors (Lipinski definition) is 4. The summed E-state index contributed by atoms with van der Waals surface area (Å²) in [5.41, 5.74) is 3.24. The van der Waals surface area contributed by atoms with Crippen molar-refractivity contribution in [1.82, 2.24) is 24.4 Å². The zero-order valence-corrected chi connectivity index (χ0v) is 14.9. The van der Waals surface area contributed by atoms with E-state index >= 15 is 0 Å². The number of ether oxygens (including phenoxy) is 1. The van der Waals surface area contributed by atoms with E-state index in [1.165, 1.54) is 0 Å². The minimum atomic E-state index is 0.00753. The van der Waals surface area contributed by atoms with Crippen molar-refractivity contribution in [2.75, 3.05) is 20.2 Å². The number of nitrogens with zero attached hydrogens (tertiary/aromatic N) is 4. The molecule has 0 radical (unpaired) electrons. The second kappa shape index (κ2) is 6.12. The number of H-pyrrole nitrogens is 1. The van der Waals surface area contributed by atoms with Gasteiger partial charge in [0.25, 0.3) is 5.91 Å². The Balaban J connectivity index is 1.41. The third-order valence-electron chi connectivity index (χ3n) is 5.25. The molecule has 1 atom stereocenters. The molecule has 1 saturated heterocycles. The fraction of sp³-hybridized carbons (Fsp3) is 0.250. The van der Waals surface area contributed by atoms with Gasteiger partial charge in [0, 0.05) is 30.2 Å². The number of carbonyl (C=O) groups is 1. The number of aromatic nitrogens is 4. The summed E-state index contributed by atoms with van der Waals surface area (Å²) >= 11 is 0. The predicted octanol–water partition coefficient (Wildman–Crippen LogP) is 3.01. The molecule has 1 fully saturated rings. The number of aromatic amines is 1. The average Bonchev–Trinajstić information content (AvgIpc) is 3.43. The first-order valence-corrected chi connectivity index (χ1v) is 8.97. The number of carbonyl (C=O) groups excluding carboxylic acids is 1. The van der Waals surface area contributed by atoms with Gasteiger partial charge in [0.15, 0.2) is 5.65 Å².